The minimum absolute atomic E-state index is 0.0149. The Labute approximate surface area is 139 Å². The maximum atomic E-state index is 5.98. The van der Waals surface area contributed by atoms with Crippen LogP contribution in [0.3, 0.4) is 0 Å². The summed E-state index contributed by atoms with van der Waals surface area (Å²) in [4.78, 5) is 10.9. The van der Waals surface area contributed by atoms with Crippen LogP contribution in [0, 0.1) is 0 Å². The molecule has 1 saturated heterocycles. The predicted octanol–water partition coefficient (Wildman–Crippen LogP) is 2.19. The molecule has 2 heterocycles. The Balaban J connectivity index is 1.69. The number of aromatic nitrogens is 1. The molecule has 0 saturated carbocycles. The van der Waals surface area contributed by atoms with Crippen LogP contribution in [0.1, 0.15) is 12.8 Å². The minimum atomic E-state index is 0.0149. The Morgan fingerprint density at radius 1 is 1.26 bits per heavy atom. The van der Waals surface area contributed by atoms with Gasteiger partial charge in [-0.25, -0.2) is 4.98 Å². The van der Waals surface area contributed by atoms with Gasteiger partial charge in [-0.1, -0.05) is 12.1 Å². The van der Waals surface area contributed by atoms with Crippen LogP contribution in [-0.4, -0.2) is 42.1 Å². The van der Waals surface area contributed by atoms with Gasteiger partial charge < -0.3 is 16.2 Å². The Morgan fingerprint density at radius 2 is 2.04 bits per heavy atom. The highest BCUT2D eigenvalue weighted by atomic mass is 32.1. The second-order valence-corrected chi connectivity index (χ2v) is 6.28. The summed E-state index contributed by atoms with van der Waals surface area (Å²) in [5.41, 5.74) is 12.6. The van der Waals surface area contributed by atoms with Crippen molar-refractivity contribution in [3.63, 3.8) is 0 Å². The van der Waals surface area contributed by atoms with Gasteiger partial charge in [-0.05, 0) is 38.1 Å². The van der Waals surface area contributed by atoms with Gasteiger partial charge in [-0.2, -0.15) is 4.99 Å². The van der Waals surface area contributed by atoms with Gasteiger partial charge in [-0.3, -0.25) is 4.90 Å². The van der Waals surface area contributed by atoms with Crippen molar-refractivity contribution < 1.29 is 4.74 Å². The fraction of sp³-hybridized carbons (Fsp3) is 0.375. The van der Waals surface area contributed by atoms with Gasteiger partial charge in [0.1, 0.15) is 12.4 Å². The number of ether oxygens (including phenoxy) is 1. The van der Waals surface area contributed by atoms with Crippen LogP contribution >= 0.6 is 11.3 Å². The first-order valence-electron chi connectivity index (χ1n) is 7.72. The van der Waals surface area contributed by atoms with Crippen molar-refractivity contribution in [3.05, 3.63) is 29.6 Å². The molecule has 122 valence electrons. The molecule has 0 aliphatic carbocycles. The highest BCUT2D eigenvalue weighted by Crippen LogP contribution is 2.33. The van der Waals surface area contributed by atoms with Crippen LogP contribution in [0.5, 0.6) is 5.75 Å². The maximum absolute atomic E-state index is 5.98. The van der Waals surface area contributed by atoms with Crippen molar-refractivity contribution in [2.45, 2.75) is 12.8 Å². The van der Waals surface area contributed by atoms with Gasteiger partial charge in [0.15, 0.2) is 5.96 Å². The van der Waals surface area contributed by atoms with E-state index in [0.29, 0.717) is 11.7 Å². The second-order valence-electron chi connectivity index (χ2n) is 5.45. The van der Waals surface area contributed by atoms with Crippen LogP contribution in [0.15, 0.2) is 34.6 Å². The molecule has 2 aromatic rings. The Kier molecular flexibility index (Phi) is 5.09. The molecule has 1 aliphatic heterocycles. The quantitative estimate of drug-likeness (QED) is 0.625. The first kappa shape index (κ1) is 15.8. The molecule has 23 heavy (non-hydrogen) atoms. The molecule has 0 unspecified atom stereocenters. The van der Waals surface area contributed by atoms with E-state index in [2.05, 4.69) is 14.9 Å². The Hall–Kier alpha value is -2.12. The lowest BCUT2D eigenvalue weighted by atomic mass is 10.1. The lowest BCUT2D eigenvalue weighted by Crippen LogP contribution is -2.25. The molecule has 0 spiro atoms. The number of hydrogen-bond donors (Lipinski definition) is 2. The minimum Gasteiger partial charge on any atom is -0.492 e. The van der Waals surface area contributed by atoms with E-state index >= 15 is 0 Å². The first-order valence-corrected chi connectivity index (χ1v) is 8.60. The number of nitrogens with zero attached hydrogens (tertiary/aromatic N) is 3. The molecule has 0 amide bonds. The van der Waals surface area contributed by atoms with E-state index in [1.54, 1.807) is 0 Å². The van der Waals surface area contributed by atoms with E-state index in [9.17, 15) is 0 Å². The zero-order valence-electron chi connectivity index (χ0n) is 12.9. The normalized spacial score (nSPS) is 14.8. The monoisotopic (exact) mass is 331 g/mol. The summed E-state index contributed by atoms with van der Waals surface area (Å²) in [6.07, 6.45) is 2.59. The van der Waals surface area contributed by atoms with Gasteiger partial charge in [0.2, 0.25) is 5.13 Å². The number of rotatable bonds is 6. The number of likely N-dealkylation sites (tertiary alicyclic amines) is 1. The molecule has 4 N–H and O–H groups in total. The SMILES string of the molecule is NC(N)=Nc1nc(-c2ccccc2OCCN2CCCC2)cs1. The fourth-order valence-corrected chi connectivity index (χ4v) is 3.35. The van der Waals surface area contributed by atoms with Crippen LogP contribution in [0.4, 0.5) is 5.13 Å². The molecule has 3 rings (SSSR count). The number of benzene rings is 1. The summed E-state index contributed by atoms with van der Waals surface area (Å²) in [6.45, 7) is 4.00. The van der Waals surface area contributed by atoms with Gasteiger partial charge >= 0.3 is 0 Å². The standard InChI is InChI=1S/C16H21N5OS/c17-15(18)20-16-19-13(11-23-16)12-5-1-2-6-14(12)22-10-9-21-7-3-4-8-21/h1-2,5-6,11H,3-4,7-10H2,(H4,17,18,19,20). The van der Waals surface area contributed by atoms with E-state index in [0.717, 1.165) is 23.6 Å². The molecule has 1 aromatic heterocycles. The molecule has 6 nitrogen and oxygen atoms in total. The lowest BCUT2D eigenvalue weighted by molar-refractivity contribution is 0.238. The molecule has 7 heteroatoms. The number of guanidine groups is 1. The summed E-state index contributed by atoms with van der Waals surface area (Å²) >= 11 is 1.40. The molecule has 0 bridgehead atoms. The van der Waals surface area contributed by atoms with Crippen molar-refractivity contribution in [3.8, 4) is 17.0 Å². The van der Waals surface area contributed by atoms with Gasteiger partial charge in [-0.15, -0.1) is 11.3 Å². The lowest BCUT2D eigenvalue weighted by Gasteiger charge is -2.16. The highest BCUT2D eigenvalue weighted by Gasteiger charge is 2.13. The van der Waals surface area contributed by atoms with Gasteiger partial charge in [0.25, 0.3) is 0 Å². The first-order chi connectivity index (χ1) is 11.2. The smallest absolute Gasteiger partial charge is 0.212 e. The molecular weight excluding hydrogens is 310 g/mol. The number of thiazole rings is 1. The van der Waals surface area contributed by atoms with Crippen molar-refractivity contribution >= 4 is 22.4 Å². The molecular formula is C16H21N5OS. The third kappa shape index (κ3) is 4.20. The maximum Gasteiger partial charge on any atom is 0.212 e. The van der Waals surface area contributed by atoms with E-state index in [1.165, 1.54) is 37.3 Å². The Bertz CT molecular complexity index is 675. The highest BCUT2D eigenvalue weighted by molar-refractivity contribution is 7.13. The van der Waals surface area contributed by atoms with Gasteiger partial charge in [0.05, 0.1) is 5.69 Å². The largest absolute Gasteiger partial charge is 0.492 e. The molecule has 0 atom stereocenters. The number of aliphatic imine (C=N–C) groups is 1. The summed E-state index contributed by atoms with van der Waals surface area (Å²) in [5, 5.41) is 2.48. The summed E-state index contributed by atoms with van der Waals surface area (Å²) in [7, 11) is 0. The number of para-hydroxylation sites is 1. The van der Waals surface area contributed by atoms with Crippen LogP contribution in [0.25, 0.3) is 11.3 Å². The van der Waals surface area contributed by atoms with E-state index in [1.807, 2.05) is 29.6 Å². The van der Waals surface area contributed by atoms with E-state index in [4.69, 9.17) is 16.2 Å². The van der Waals surface area contributed by atoms with Crippen LogP contribution < -0.4 is 16.2 Å². The van der Waals surface area contributed by atoms with Crippen molar-refractivity contribution in [1.29, 1.82) is 0 Å². The zero-order valence-corrected chi connectivity index (χ0v) is 13.8. The van der Waals surface area contributed by atoms with Crippen molar-refractivity contribution in [1.82, 2.24) is 9.88 Å². The fourth-order valence-electron chi connectivity index (χ4n) is 2.64. The van der Waals surface area contributed by atoms with E-state index in [-0.39, 0.29) is 5.96 Å². The molecule has 1 aliphatic rings. The molecule has 0 radical (unpaired) electrons. The van der Waals surface area contributed by atoms with Crippen molar-refractivity contribution in [2.24, 2.45) is 16.5 Å². The zero-order chi connectivity index (χ0) is 16.1. The Morgan fingerprint density at radius 3 is 2.83 bits per heavy atom. The molecule has 1 fully saturated rings. The third-order valence-electron chi connectivity index (χ3n) is 3.74. The predicted molar refractivity (Wildman–Crippen MR) is 94.2 cm³/mol. The summed E-state index contributed by atoms with van der Waals surface area (Å²) < 4.78 is 5.98. The topological polar surface area (TPSA) is 89.8 Å². The van der Waals surface area contributed by atoms with Crippen LogP contribution in [-0.2, 0) is 0 Å². The summed E-state index contributed by atoms with van der Waals surface area (Å²) in [5.74, 6) is 0.856. The second kappa shape index (κ2) is 7.43. The number of hydrogen-bond acceptors (Lipinski definition) is 5. The van der Waals surface area contributed by atoms with E-state index < -0.39 is 0 Å². The van der Waals surface area contributed by atoms with Crippen molar-refractivity contribution in [2.75, 3.05) is 26.2 Å². The molecule has 1 aromatic carbocycles. The third-order valence-corrected chi connectivity index (χ3v) is 4.48. The number of nitrogens with two attached hydrogens (primary N) is 2. The van der Waals surface area contributed by atoms with Crippen LogP contribution in [0.2, 0.25) is 0 Å². The summed E-state index contributed by atoms with van der Waals surface area (Å²) in [6, 6.07) is 7.92. The van der Waals surface area contributed by atoms with Gasteiger partial charge in [0, 0.05) is 17.5 Å². The average Bonchev–Trinajstić information content (AvgIpc) is 3.19. The average molecular weight is 331 g/mol.